The van der Waals surface area contributed by atoms with Crippen molar-refractivity contribution in [2.24, 2.45) is 5.92 Å². The lowest BCUT2D eigenvalue weighted by Crippen LogP contribution is -2.28. The normalized spacial score (nSPS) is 12.3. The molecule has 1 aromatic carbocycles. The maximum atomic E-state index is 12.3. The van der Waals surface area contributed by atoms with E-state index in [1.54, 1.807) is 39.5 Å². The third-order valence-corrected chi connectivity index (χ3v) is 2.79. The van der Waals surface area contributed by atoms with E-state index in [2.05, 4.69) is 0 Å². The topological polar surface area (TPSA) is 44.8 Å². The molecule has 1 unspecified atom stereocenters. The Morgan fingerprint density at radius 1 is 1.06 bits per heavy atom. The van der Waals surface area contributed by atoms with Gasteiger partial charge in [0.15, 0.2) is 17.3 Å². The first kappa shape index (κ1) is 14.5. The highest BCUT2D eigenvalue weighted by molar-refractivity contribution is 6.00. The lowest BCUT2D eigenvalue weighted by atomic mass is 9.97. The van der Waals surface area contributed by atoms with E-state index in [-0.39, 0.29) is 11.7 Å². The first-order chi connectivity index (χ1) is 8.54. The summed E-state index contributed by atoms with van der Waals surface area (Å²) in [7, 11) is 4.65. The highest BCUT2D eigenvalue weighted by Gasteiger charge is 2.23. The van der Waals surface area contributed by atoms with Gasteiger partial charge >= 0.3 is 0 Å². The van der Waals surface area contributed by atoms with Crippen LogP contribution in [-0.2, 0) is 4.74 Å². The molecule has 0 fully saturated rings. The van der Waals surface area contributed by atoms with Gasteiger partial charge in [-0.2, -0.15) is 0 Å². The van der Waals surface area contributed by atoms with Crippen LogP contribution in [0.3, 0.4) is 0 Å². The van der Waals surface area contributed by atoms with E-state index in [9.17, 15) is 4.79 Å². The monoisotopic (exact) mass is 252 g/mol. The summed E-state index contributed by atoms with van der Waals surface area (Å²) in [5, 5.41) is 0. The van der Waals surface area contributed by atoms with Gasteiger partial charge in [0, 0.05) is 12.7 Å². The average molecular weight is 252 g/mol. The zero-order valence-corrected chi connectivity index (χ0v) is 11.5. The predicted octanol–water partition coefficient (Wildman–Crippen LogP) is 2.56. The van der Waals surface area contributed by atoms with Crippen LogP contribution in [-0.4, -0.2) is 33.2 Å². The minimum Gasteiger partial charge on any atom is -0.493 e. The molecule has 4 nitrogen and oxygen atoms in total. The van der Waals surface area contributed by atoms with Gasteiger partial charge in [-0.25, -0.2) is 0 Å². The summed E-state index contributed by atoms with van der Waals surface area (Å²) in [5.74, 6) is 1.22. The number of rotatable bonds is 6. The zero-order valence-electron chi connectivity index (χ0n) is 11.5. The molecule has 1 atom stereocenters. The van der Waals surface area contributed by atoms with Gasteiger partial charge in [0.1, 0.15) is 6.10 Å². The van der Waals surface area contributed by atoms with Gasteiger partial charge in [0.2, 0.25) is 0 Å². The molecule has 0 aromatic heterocycles. The van der Waals surface area contributed by atoms with E-state index in [1.165, 1.54) is 0 Å². The van der Waals surface area contributed by atoms with Crippen LogP contribution in [0.2, 0.25) is 0 Å². The van der Waals surface area contributed by atoms with Crippen LogP contribution in [0.1, 0.15) is 24.2 Å². The standard InChI is InChI=1S/C14H20O4/c1-9(2)14(18-5)13(15)10-6-7-11(16-3)12(8-10)17-4/h6-9,14H,1-5H3. The molecule has 0 N–H and O–H groups in total. The Morgan fingerprint density at radius 2 is 1.67 bits per heavy atom. The van der Waals surface area contributed by atoms with Crippen molar-refractivity contribution in [1.82, 2.24) is 0 Å². The van der Waals surface area contributed by atoms with Crippen LogP contribution < -0.4 is 9.47 Å². The second-order valence-electron chi connectivity index (χ2n) is 4.33. The number of ether oxygens (including phenoxy) is 3. The molecule has 18 heavy (non-hydrogen) atoms. The molecule has 0 aliphatic heterocycles. The first-order valence-corrected chi connectivity index (χ1v) is 5.84. The van der Waals surface area contributed by atoms with E-state index < -0.39 is 6.10 Å². The molecule has 0 saturated carbocycles. The van der Waals surface area contributed by atoms with Crippen molar-refractivity contribution >= 4 is 5.78 Å². The number of ketones is 1. The zero-order chi connectivity index (χ0) is 13.7. The van der Waals surface area contributed by atoms with Crippen molar-refractivity contribution in [2.75, 3.05) is 21.3 Å². The number of hydrogen-bond acceptors (Lipinski definition) is 4. The van der Waals surface area contributed by atoms with Crippen molar-refractivity contribution in [3.05, 3.63) is 23.8 Å². The van der Waals surface area contributed by atoms with Gasteiger partial charge in [-0.3, -0.25) is 4.79 Å². The lowest BCUT2D eigenvalue weighted by molar-refractivity contribution is 0.0458. The molecule has 0 heterocycles. The quantitative estimate of drug-likeness (QED) is 0.730. The van der Waals surface area contributed by atoms with Gasteiger partial charge in [-0.1, -0.05) is 13.8 Å². The smallest absolute Gasteiger partial charge is 0.191 e. The number of Topliss-reactive ketones (excluding diaryl/α,β-unsaturated/α-hetero) is 1. The molecule has 100 valence electrons. The molecule has 1 aromatic rings. The molecular formula is C14H20O4. The van der Waals surface area contributed by atoms with Gasteiger partial charge in [-0.05, 0) is 24.1 Å². The van der Waals surface area contributed by atoms with Gasteiger partial charge in [-0.15, -0.1) is 0 Å². The van der Waals surface area contributed by atoms with E-state index >= 15 is 0 Å². The van der Waals surface area contributed by atoms with Gasteiger partial charge in [0.25, 0.3) is 0 Å². The minimum absolute atomic E-state index is 0.0477. The first-order valence-electron chi connectivity index (χ1n) is 5.84. The minimum atomic E-state index is -0.442. The fourth-order valence-electron chi connectivity index (χ4n) is 1.84. The molecule has 0 radical (unpaired) electrons. The van der Waals surface area contributed by atoms with Crippen molar-refractivity contribution < 1.29 is 19.0 Å². The number of hydrogen-bond donors (Lipinski definition) is 0. The van der Waals surface area contributed by atoms with Gasteiger partial charge in [0.05, 0.1) is 14.2 Å². The van der Waals surface area contributed by atoms with Crippen LogP contribution in [0.15, 0.2) is 18.2 Å². The second kappa shape index (κ2) is 6.40. The molecular weight excluding hydrogens is 232 g/mol. The highest BCUT2D eigenvalue weighted by Crippen LogP contribution is 2.28. The van der Waals surface area contributed by atoms with Crippen LogP contribution in [0, 0.1) is 5.92 Å². The maximum Gasteiger partial charge on any atom is 0.191 e. The van der Waals surface area contributed by atoms with Crippen LogP contribution >= 0.6 is 0 Å². The van der Waals surface area contributed by atoms with Crippen LogP contribution in [0.25, 0.3) is 0 Å². The lowest BCUT2D eigenvalue weighted by Gasteiger charge is -2.18. The van der Waals surface area contributed by atoms with Crippen molar-refractivity contribution in [3.63, 3.8) is 0 Å². The number of carbonyl (C=O) groups excluding carboxylic acids is 1. The average Bonchev–Trinajstić information content (AvgIpc) is 2.38. The third-order valence-electron chi connectivity index (χ3n) is 2.79. The van der Waals surface area contributed by atoms with E-state index in [0.29, 0.717) is 17.1 Å². The maximum absolute atomic E-state index is 12.3. The Morgan fingerprint density at radius 3 is 2.11 bits per heavy atom. The van der Waals surface area contributed by atoms with Crippen LogP contribution in [0.5, 0.6) is 11.5 Å². The molecule has 4 heteroatoms. The molecule has 0 saturated heterocycles. The van der Waals surface area contributed by atoms with Crippen LogP contribution in [0.4, 0.5) is 0 Å². The fourth-order valence-corrected chi connectivity index (χ4v) is 1.84. The van der Waals surface area contributed by atoms with E-state index in [0.717, 1.165) is 0 Å². The summed E-state index contributed by atoms with van der Waals surface area (Å²) in [4.78, 5) is 12.3. The molecule has 0 aliphatic rings. The highest BCUT2D eigenvalue weighted by atomic mass is 16.5. The Bertz CT molecular complexity index is 412. The van der Waals surface area contributed by atoms with Crippen molar-refractivity contribution in [2.45, 2.75) is 20.0 Å². The number of benzene rings is 1. The Labute approximate surface area is 108 Å². The summed E-state index contributed by atoms with van der Waals surface area (Å²) in [6.07, 6.45) is -0.442. The Hall–Kier alpha value is -1.55. The van der Waals surface area contributed by atoms with Crippen molar-refractivity contribution in [1.29, 1.82) is 0 Å². The summed E-state index contributed by atoms with van der Waals surface area (Å²) >= 11 is 0. The molecule has 0 bridgehead atoms. The summed E-state index contributed by atoms with van der Waals surface area (Å²) in [6.45, 7) is 3.90. The fraction of sp³-hybridized carbons (Fsp3) is 0.500. The summed E-state index contributed by atoms with van der Waals surface area (Å²) in [6, 6.07) is 5.12. The molecule has 0 amide bonds. The predicted molar refractivity (Wildman–Crippen MR) is 69.5 cm³/mol. The molecule has 0 spiro atoms. The van der Waals surface area contributed by atoms with E-state index in [4.69, 9.17) is 14.2 Å². The largest absolute Gasteiger partial charge is 0.493 e. The Balaban J connectivity index is 3.06. The van der Waals surface area contributed by atoms with Gasteiger partial charge < -0.3 is 14.2 Å². The van der Waals surface area contributed by atoms with E-state index in [1.807, 2.05) is 13.8 Å². The Kier molecular flexibility index (Phi) is 5.16. The number of methoxy groups -OCH3 is 3. The molecule has 0 aliphatic carbocycles. The number of carbonyl (C=O) groups is 1. The SMILES string of the molecule is COc1ccc(C(=O)C(OC)C(C)C)cc1OC. The molecule has 1 rings (SSSR count). The second-order valence-corrected chi connectivity index (χ2v) is 4.33. The van der Waals surface area contributed by atoms with Crippen molar-refractivity contribution in [3.8, 4) is 11.5 Å². The third kappa shape index (κ3) is 3.01. The summed E-state index contributed by atoms with van der Waals surface area (Å²) < 4.78 is 15.6. The summed E-state index contributed by atoms with van der Waals surface area (Å²) in [5.41, 5.74) is 0.563.